The summed E-state index contributed by atoms with van der Waals surface area (Å²) in [5.74, 6) is -0.710. The molecule has 10 heteroatoms. The Morgan fingerprint density at radius 3 is 2.72 bits per heavy atom. The first-order valence-electron chi connectivity index (χ1n) is 9.93. The highest BCUT2D eigenvalue weighted by Crippen LogP contribution is 2.41. The molecule has 1 fully saturated rings. The van der Waals surface area contributed by atoms with Crippen molar-refractivity contribution in [2.45, 2.75) is 31.0 Å². The number of hydrogen-bond acceptors (Lipinski definition) is 4. The predicted octanol–water partition coefficient (Wildman–Crippen LogP) is 3.44. The van der Waals surface area contributed by atoms with Crippen molar-refractivity contribution in [3.63, 3.8) is 0 Å². The third-order valence-corrected chi connectivity index (χ3v) is 5.72. The summed E-state index contributed by atoms with van der Waals surface area (Å²) < 4.78 is 43.9. The minimum Gasteiger partial charge on any atom is -0.497 e. The fraction of sp³-hybridized carbons (Fsp3) is 0.318. The number of benzene rings is 2. The summed E-state index contributed by atoms with van der Waals surface area (Å²) >= 11 is 0. The smallest absolute Gasteiger partial charge is 0.416 e. The first-order valence-corrected chi connectivity index (χ1v) is 9.93. The summed E-state index contributed by atoms with van der Waals surface area (Å²) in [5, 5.41) is 5.05. The highest BCUT2D eigenvalue weighted by molar-refractivity contribution is 6.10. The number of hydrogen-bond donors (Lipinski definition) is 2. The number of aryl methyl sites for hydroxylation is 1. The van der Waals surface area contributed by atoms with Crippen LogP contribution in [0.3, 0.4) is 0 Å². The maximum absolute atomic E-state index is 13.3. The molecule has 2 aromatic carbocycles. The molecule has 32 heavy (non-hydrogen) atoms. The Labute approximate surface area is 181 Å². The average molecular weight is 447 g/mol. The third kappa shape index (κ3) is 3.76. The quantitative estimate of drug-likeness (QED) is 0.703. The van der Waals surface area contributed by atoms with Crippen molar-refractivity contribution >= 4 is 23.5 Å². The van der Waals surface area contributed by atoms with Crippen LogP contribution < -0.4 is 15.4 Å². The second kappa shape index (κ2) is 7.85. The number of nitrogens with zero attached hydrogens (tertiary/aromatic N) is 1. The van der Waals surface area contributed by atoms with Gasteiger partial charge in [-0.05, 0) is 60.7 Å². The number of urea groups is 1. The average Bonchev–Trinajstić information content (AvgIpc) is 2.97. The molecule has 1 spiro atoms. The molecular weight excluding hydrogens is 427 g/mol. The Morgan fingerprint density at radius 1 is 1.22 bits per heavy atom. The lowest BCUT2D eigenvalue weighted by atomic mass is 9.76. The molecular formula is C22H20F3N3O4. The number of anilines is 1. The first kappa shape index (κ1) is 21.7. The van der Waals surface area contributed by atoms with Gasteiger partial charge in [0.2, 0.25) is 5.91 Å². The number of nitrogens with one attached hydrogen (secondary N) is 2. The van der Waals surface area contributed by atoms with E-state index < -0.39 is 41.7 Å². The maximum atomic E-state index is 13.3. The molecule has 1 saturated heterocycles. The number of carbonyl (C=O) groups excluding carboxylic acids is 3. The number of alkyl halides is 3. The van der Waals surface area contributed by atoms with Crippen molar-refractivity contribution in [1.29, 1.82) is 0 Å². The lowest BCUT2D eigenvalue weighted by molar-refractivity contribution is -0.137. The molecule has 1 heterocycles. The molecule has 0 aromatic heterocycles. The Balaban J connectivity index is 1.53. The van der Waals surface area contributed by atoms with Crippen LogP contribution in [0.5, 0.6) is 5.75 Å². The van der Waals surface area contributed by atoms with E-state index in [1.54, 1.807) is 12.1 Å². The van der Waals surface area contributed by atoms with Crippen LogP contribution in [0, 0.1) is 0 Å². The number of halogens is 3. The molecule has 1 atom stereocenters. The van der Waals surface area contributed by atoms with E-state index in [1.807, 2.05) is 6.07 Å². The lowest BCUT2D eigenvalue weighted by Gasteiger charge is -2.33. The summed E-state index contributed by atoms with van der Waals surface area (Å²) in [6.07, 6.45) is -2.82. The fourth-order valence-corrected chi connectivity index (χ4v) is 4.24. The van der Waals surface area contributed by atoms with Crippen molar-refractivity contribution in [2.24, 2.45) is 0 Å². The van der Waals surface area contributed by atoms with Gasteiger partial charge in [0, 0.05) is 5.69 Å². The molecule has 4 amide bonds. The van der Waals surface area contributed by atoms with E-state index in [1.165, 1.54) is 13.2 Å². The van der Waals surface area contributed by atoms with E-state index in [-0.39, 0.29) is 5.69 Å². The van der Waals surface area contributed by atoms with Crippen LogP contribution in [-0.2, 0) is 27.7 Å². The Hall–Kier alpha value is -3.56. The Morgan fingerprint density at radius 2 is 2.00 bits per heavy atom. The number of methoxy groups -OCH3 is 1. The number of imide groups is 1. The summed E-state index contributed by atoms with van der Waals surface area (Å²) in [7, 11) is 1.54. The van der Waals surface area contributed by atoms with E-state index in [9.17, 15) is 27.6 Å². The van der Waals surface area contributed by atoms with Crippen LogP contribution >= 0.6 is 0 Å². The minimum atomic E-state index is -4.56. The standard InChI is InChI=1S/C22H20F3N3O4/c1-32-16-7-8-17-13(10-16)4-3-9-21(17)19(30)28(20(31)27-21)12-18(29)26-15-6-2-5-14(11-15)22(23,24)25/h2,5-8,10-11H,3-4,9,12H2,1H3,(H,26,29)(H,27,31)/t21-/m1/s1. The Bertz CT molecular complexity index is 1100. The molecule has 0 radical (unpaired) electrons. The maximum Gasteiger partial charge on any atom is 0.416 e. The SMILES string of the molecule is COc1ccc2c(c1)CCC[C@@]21NC(=O)N(CC(=O)Nc2cccc(C(F)(F)F)c2)C1=O. The summed E-state index contributed by atoms with van der Waals surface area (Å²) in [6, 6.07) is 8.66. The molecule has 4 rings (SSSR count). The van der Waals surface area contributed by atoms with Crippen molar-refractivity contribution in [1.82, 2.24) is 10.2 Å². The summed E-state index contributed by atoms with van der Waals surface area (Å²) in [4.78, 5) is 39.1. The molecule has 2 aliphatic rings. The molecule has 2 N–H and O–H groups in total. The Kier molecular flexibility index (Phi) is 5.31. The number of fused-ring (bicyclic) bond motifs is 2. The van der Waals surface area contributed by atoms with Crippen LogP contribution in [0.4, 0.5) is 23.7 Å². The van der Waals surface area contributed by atoms with E-state index in [4.69, 9.17) is 4.74 Å². The molecule has 0 bridgehead atoms. The van der Waals surface area contributed by atoms with Gasteiger partial charge >= 0.3 is 12.2 Å². The van der Waals surface area contributed by atoms with Crippen LogP contribution in [0.25, 0.3) is 0 Å². The molecule has 7 nitrogen and oxygen atoms in total. The van der Waals surface area contributed by atoms with Gasteiger partial charge < -0.3 is 15.4 Å². The first-order chi connectivity index (χ1) is 15.1. The van der Waals surface area contributed by atoms with E-state index in [2.05, 4.69) is 10.6 Å². The van der Waals surface area contributed by atoms with Crippen LogP contribution in [0.2, 0.25) is 0 Å². The van der Waals surface area contributed by atoms with E-state index in [0.29, 0.717) is 30.6 Å². The molecule has 0 saturated carbocycles. The van der Waals surface area contributed by atoms with Gasteiger partial charge in [0.15, 0.2) is 0 Å². The molecule has 2 aromatic rings. The second-order valence-corrected chi connectivity index (χ2v) is 7.73. The monoisotopic (exact) mass is 447 g/mol. The zero-order chi connectivity index (χ0) is 23.1. The third-order valence-electron chi connectivity index (χ3n) is 5.72. The minimum absolute atomic E-state index is 0.0818. The highest BCUT2D eigenvalue weighted by Gasteiger charge is 2.54. The van der Waals surface area contributed by atoms with Gasteiger partial charge in [0.25, 0.3) is 5.91 Å². The summed E-state index contributed by atoms with van der Waals surface area (Å²) in [6.45, 7) is -0.617. The van der Waals surface area contributed by atoms with Crippen molar-refractivity contribution in [3.8, 4) is 5.75 Å². The highest BCUT2D eigenvalue weighted by atomic mass is 19.4. The van der Waals surface area contributed by atoms with Crippen LogP contribution in [0.1, 0.15) is 29.5 Å². The number of rotatable bonds is 4. The largest absolute Gasteiger partial charge is 0.497 e. The fourth-order valence-electron chi connectivity index (χ4n) is 4.24. The zero-order valence-electron chi connectivity index (χ0n) is 17.1. The van der Waals surface area contributed by atoms with Crippen molar-refractivity contribution in [3.05, 3.63) is 59.2 Å². The zero-order valence-corrected chi connectivity index (χ0v) is 17.1. The molecule has 168 valence electrons. The second-order valence-electron chi connectivity index (χ2n) is 7.73. The van der Waals surface area contributed by atoms with Crippen molar-refractivity contribution < 1.29 is 32.3 Å². The number of ether oxygens (including phenoxy) is 1. The topological polar surface area (TPSA) is 87.7 Å². The van der Waals surface area contributed by atoms with Gasteiger partial charge in [-0.2, -0.15) is 13.2 Å². The summed E-state index contributed by atoms with van der Waals surface area (Å²) in [5.41, 5.74) is -0.740. The molecule has 0 unspecified atom stereocenters. The van der Waals surface area contributed by atoms with E-state index >= 15 is 0 Å². The number of amides is 4. The number of carbonyl (C=O) groups is 3. The van der Waals surface area contributed by atoms with Gasteiger partial charge in [-0.1, -0.05) is 12.1 Å². The van der Waals surface area contributed by atoms with E-state index in [0.717, 1.165) is 28.7 Å². The predicted molar refractivity (Wildman–Crippen MR) is 108 cm³/mol. The van der Waals surface area contributed by atoms with Gasteiger partial charge in [0.1, 0.15) is 17.8 Å². The van der Waals surface area contributed by atoms with Crippen molar-refractivity contribution in [2.75, 3.05) is 19.0 Å². The lowest BCUT2D eigenvalue weighted by Crippen LogP contribution is -2.47. The van der Waals surface area contributed by atoms with Crippen LogP contribution in [0.15, 0.2) is 42.5 Å². The van der Waals surface area contributed by atoms with Gasteiger partial charge in [-0.25, -0.2) is 4.79 Å². The molecule has 1 aliphatic carbocycles. The van der Waals surface area contributed by atoms with Crippen LogP contribution in [-0.4, -0.2) is 36.4 Å². The van der Waals surface area contributed by atoms with Gasteiger partial charge in [-0.15, -0.1) is 0 Å². The normalized spacial score (nSPS) is 20.2. The molecule has 1 aliphatic heterocycles. The van der Waals surface area contributed by atoms with Gasteiger partial charge in [0.05, 0.1) is 12.7 Å². The van der Waals surface area contributed by atoms with Gasteiger partial charge in [-0.3, -0.25) is 14.5 Å².